The monoisotopic (exact) mass is 466 g/mol. The van der Waals surface area contributed by atoms with Gasteiger partial charge in [-0.2, -0.15) is 12.6 Å². The molecule has 0 aromatic heterocycles. The van der Waals surface area contributed by atoms with Gasteiger partial charge in [-0.3, -0.25) is 15.6 Å². The molecule has 0 spiro atoms. The number of hydrogen-bond donors (Lipinski definition) is 5. The number of rotatable bonds is 7. The van der Waals surface area contributed by atoms with Gasteiger partial charge in [-0.05, 0) is 42.5 Å². The Hall–Kier alpha value is -2.10. The smallest absolute Gasteiger partial charge is 0.239 e. The third-order valence-corrected chi connectivity index (χ3v) is 4.70. The lowest BCUT2D eigenvalue weighted by molar-refractivity contribution is -0.124. The van der Waals surface area contributed by atoms with Gasteiger partial charge in [0.25, 0.3) is 0 Å². The molecule has 1 amide bonds. The van der Waals surface area contributed by atoms with E-state index >= 15 is 0 Å². The van der Waals surface area contributed by atoms with Crippen LogP contribution in [0.3, 0.4) is 0 Å². The number of aldehydes is 1. The van der Waals surface area contributed by atoms with Crippen molar-refractivity contribution in [2.75, 3.05) is 10.6 Å². The number of carbonyl (C=O) groups is 2. The van der Waals surface area contributed by atoms with Crippen molar-refractivity contribution in [3.8, 4) is 0 Å². The molecule has 0 aliphatic rings. The zero-order valence-electron chi connectivity index (χ0n) is 14.2. The molecule has 2 atom stereocenters. The molecular weight excluding hydrogens is 448 g/mol. The fourth-order valence-corrected chi connectivity index (χ4v) is 3.06. The van der Waals surface area contributed by atoms with E-state index < -0.39 is 11.3 Å². The predicted octanol–water partition coefficient (Wildman–Crippen LogP) is 3.34. The molecular formula is C18H19BrN4O2S2. The first-order chi connectivity index (χ1) is 13.0. The standard InChI is InChI=1S/C18H19BrN4O2S2/c19-13-5-4-8-15(10-13)21-18(27)23-22-16(25)9-12(11-24)17(26)20-14-6-2-1-3-7-14/h1-8,10-12,17,20,26H,9H2,(H,22,25)(H2,21,23,27). The van der Waals surface area contributed by atoms with E-state index in [0.29, 0.717) is 6.29 Å². The molecule has 2 unspecified atom stereocenters. The number of nitrogens with one attached hydrogen (secondary N) is 4. The van der Waals surface area contributed by atoms with Gasteiger partial charge in [0.2, 0.25) is 5.91 Å². The van der Waals surface area contributed by atoms with Gasteiger partial charge in [0.05, 0.1) is 11.3 Å². The topological polar surface area (TPSA) is 82.3 Å². The highest BCUT2D eigenvalue weighted by molar-refractivity contribution is 9.10. The number of thiol groups is 1. The minimum absolute atomic E-state index is 0.0377. The van der Waals surface area contributed by atoms with Crippen molar-refractivity contribution >= 4 is 69.5 Å². The molecule has 6 nitrogen and oxygen atoms in total. The molecule has 0 saturated heterocycles. The summed E-state index contributed by atoms with van der Waals surface area (Å²) in [5.74, 6) is -0.985. The number of para-hydroxylation sites is 1. The maximum absolute atomic E-state index is 12.1. The van der Waals surface area contributed by atoms with Gasteiger partial charge in [0, 0.05) is 22.3 Å². The largest absolute Gasteiger partial charge is 0.373 e. The molecule has 142 valence electrons. The Bertz CT molecular complexity index is 792. The molecule has 0 bridgehead atoms. The Morgan fingerprint density at radius 2 is 1.81 bits per heavy atom. The van der Waals surface area contributed by atoms with Crippen molar-refractivity contribution in [3.63, 3.8) is 0 Å². The van der Waals surface area contributed by atoms with E-state index in [4.69, 9.17) is 12.2 Å². The van der Waals surface area contributed by atoms with Gasteiger partial charge < -0.3 is 15.4 Å². The second kappa shape index (κ2) is 10.9. The number of benzene rings is 2. The molecule has 0 heterocycles. The lowest BCUT2D eigenvalue weighted by Gasteiger charge is -2.20. The minimum atomic E-state index is -0.609. The van der Waals surface area contributed by atoms with Crippen molar-refractivity contribution in [1.29, 1.82) is 0 Å². The molecule has 2 rings (SSSR count). The highest BCUT2D eigenvalue weighted by atomic mass is 79.9. The summed E-state index contributed by atoms with van der Waals surface area (Å²) in [7, 11) is 0. The molecule has 0 saturated carbocycles. The zero-order chi connectivity index (χ0) is 19.6. The Labute approximate surface area is 177 Å². The van der Waals surface area contributed by atoms with Crippen LogP contribution in [0, 0.1) is 5.92 Å². The second-order valence-electron chi connectivity index (χ2n) is 5.60. The molecule has 4 N–H and O–H groups in total. The van der Waals surface area contributed by atoms with E-state index in [-0.39, 0.29) is 17.4 Å². The quantitative estimate of drug-likeness (QED) is 0.141. The third kappa shape index (κ3) is 7.58. The van der Waals surface area contributed by atoms with E-state index in [2.05, 4.69) is 50.0 Å². The third-order valence-electron chi connectivity index (χ3n) is 3.49. The molecule has 9 heteroatoms. The van der Waals surface area contributed by atoms with Gasteiger partial charge in [0.15, 0.2) is 5.11 Å². The fraction of sp³-hybridized carbons (Fsp3) is 0.167. The maximum atomic E-state index is 12.1. The van der Waals surface area contributed by atoms with Gasteiger partial charge in [0.1, 0.15) is 6.29 Å². The molecule has 2 aromatic rings. The van der Waals surface area contributed by atoms with Crippen LogP contribution in [-0.2, 0) is 9.59 Å². The normalized spacial score (nSPS) is 12.4. The first-order valence-corrected chi connectivity index (χ1v) is 9.76. The summed E-state index contributed by atoms with van der Waals surface area (Å²) in [5, 5.41) is 5.76. The van der Waals surface area contributed by atoms with E-state index in [1.807, 2.05) is 54.6 Å². The van der Waals surface area contributed by atoms with Gasteiger partial charge in [-0.15, -0.1) is 0 Å². The Morgan fingerprint density at radius 3 is 2.48 bits per heavy atom. The molecule has 0 radical (unpaired) electrons. The van der Waals surface area contributed by atoms with Crippen molar-refractivity contribution in [3.05, 3.63) is 59.1 Å². The molecule has 0 aliphatic carbocycles. The molecule has 27 heavy (non-hydrogen) atoms. The summed E-state index contributed by atoms with van der Waals surface area (Å²) < 4.78 is 0.902. The fourth-order valence-electron chi connectivity index (χ4n) is 2.17. The Balaban J connectivity index is 1.78. The number of halogens is 1. The van der Waals surface area contributed by atoms with Crippen molar-refractivity contribution < 1.29 is 9.59 Å². The highest BCUT2D eigenvalue weighted by Crippen LogP contribution is 2.17. The number of carbonyl (C=O) groups excluding carboxylic acids is 2. The average molecular weight is 467 g/mol. The van der Waals surface area contributed by atoms with E-state index in [9.17, 15) is 9.59 Å². The van der Waals surface area contributed by atoms with Crippen LogP contribution < -0.4 is 21.5 Å². The first kappa shape index (κ1) is 21.2. The van der Waals surface area contributed by atoms with Gasteiger partial charge >= 0.3 is 0 Å². The van der Waals surface area contributed by atoms with Crippen LogP contribution in [-0.4, -0.2) is 22.7 Å². The predicted molar refractivity (Wildman–Crippen MR) is 119 cm³/mol. The maximum Gasteiger partial charge on any atom is 0.239 e. The molecule has 0 fully saturated rings. The van der Waals surface area contributed by atoms with Crippen LogP contribution in [0.15, 0.2) is 59.1 Å². The van der Waals surface area contributed by atoms with Crippen LogP contribution in [0.5, 0.6) is 0 Å². The van der Waals surface area contributed by atoms with Crippen LogP contribution >= 0.6 is 40.8 Å². The van der Waals surface area contributed by atoms with Crippen LogP contribution in [0.25, 0.3) is 0 Å². The minimum Gasteiger partial charge on any atom is -0.373 e. The summed E-state index contributed by atoms with van der Waals surface area (Å²) in [6.07, 6.45) is 0.676. The van der Waals surface area contributed by atoms with Crippen molar-refractivity contribution in [2.45, 2.75) is 11.8 Å². The van der Waals surface area contributed by atoms with Crippen LogP contribution in [0.1, 0.15) is 6.42 Å². The second-order valence-corrected chi connectivity index (χ2v) is 7.48. The number of anilines is 2. The molecule has 0 aliphatic heterocycles. The van der Waals surface area contributed by atoms with Crippen LogP contribution in [0.2, 0.25) is 0 Å². The summed E-state index contributed by atoms with van der Waals surface area (Å²) in [5.41, 5.74) is 6.68. The van der Waals surface area contributed by atoms with Gasteiger partial charge in [-0.1, -0.05) is 40.2 Å². The number of thiocarbonyl (C=S) groups is 1. The number of hydrogen-bond acceptors (Lipinski definition) is 5. The number of hydrazine groups is 1. The SMILES string of the molecule is O=CC(CC(=O)NNC(=S)Nc1cccc(Br)c1)C(S)Nc1ccccc1. The summed E-state index contributed by atoms with van der Waals surface area (Å²) in [4.78, 5) is 23.4. The zero-order valence-corrected chi connectivity index (χ0v) is 17.5. The lowest BCUT2D eigenvalue weighted by Crippen LogP contribution is -2.45. The van der Waals surface area contributed by atoms with Gasteiger partial charge in [-0.25, -0.2) is 0 Å². The van der Waals surface area contributed by atoms with Crippen LogP contribution in [0.4, 0.5) is 11.4 Å². The lowest BCUT2D eigenvalue weighted by atomic mass is 10.1. The Morgan fingerprint density at radius 1 is 1.11 bits per heavy atom. The summed E-state index contributed by atoms with van der Waals surface area (Å²) >= 11 is 12.9. The van der Waals surface area contributed by atoms with Crippen molar-refractivity contribution in [2.24, 2.45) is 5.92 Å². The Kier molecular flexibility index (Phi) is 8.56. The number of amides is 1. The highest BCUT2D eigenvalue weighted by Gasteiger charge is 2.21. The molecule has 2 aromatic carbocycles. The summed E-state index contributed by atoms with van der Waals surface area (Å²) in [6.45, 7) is 0. The first-order valence-electron chi connectivity index (χ1n) is 8.04. The van der Waals surface area contributed by atoms with E-state index in [0.717, 1.165) is 15.8 Å². The average Bonchev–Trinajstić information content (AvgIpc) is 2.65. The summed E-state index contributed by atoms with van der Waals surface area (Å²) in [6, 6.07) is 16.8. The van der Waals surface area contributed by atoms with E-state index in [1.54, 1.807) is 0 Å². The van der Waals surface area contributed by atoms with Crippen molar-refractivity contribution in [1.82, 2.24) is 10.9 Å². The van der Waals surface area contributed by atoms with E-state index in [1.165, 1.54) is 0 Å².